The SMILES string of the molecule is O=C(O)CC1COC2(Cc3ccccc3)C=CC(=O)CC12. The number of carboxylic acid groups (broad SMARTS) is 1. The van der Waals surface area contributed by atoms with Gasteiger partial charge >= 0.3 is 5.97 Å². The van der Waals surface area contributed by atoms with E-state index in [2.05, 4.69) is 0 Å². The summed E-state index contributed by atoms with van der Waals surface area (Å²) in [5.41, 5.74) is 0.604. The minimum Gasteiger partial charge on any atom is -0.481 e. The molecule has 1 fully saturated rings. The molecule has 1 saturated heterocycles. The molecule has 0 bridgehead atoms. The van der Waals surface area contributed by atoms with Crippen LogP contribution in [0.25, 0.3) is 0 Å². The summed E-state index contributed by atoms with van der Waals surface area (Å²) in [7, 11) is 0. The fraction of sp³-hybridized carbons (Fsp3) is 0.412. The first-order valence-electron chi connectivity index (χ1n) is 7.21. The van der Waals surface area contributed by atoms with E-state index in [0.29, 0.717) is 19.4 Å². The Bertz CT molecular complexity index is 578. The highest BCUT2D eigenvalue weighted by molar-refractivity contribution is 5.91. The smallest absolute Gasteiger partial charge is 0.303 e. The number of fused-ring (bicyclic) bond motifs is 1. The van der Waals surface area contributed by atoms with Gasteiger partial charge in [0.15, 0.2) is 5.78 Å². The lowest BCUT2D eigenvalue weighted by molar-refractivity contribution is -0.138. The fourth-order valence-corrected chi connectivity index (χ4v) is 3.50. The topological polar surface area (TPSA) is 63.6 Å². The molecular weight excluding hydrogens is 268 g/mol. The van der Waals surface area contributed by atoms with Gasteiger partial charge in [-0.25, -0.2) is 0 Å². The molecule has 0 saturated carbocycles. The maximum Gasteiger partial charge on any atom is 0.303 e. The normalized spacial score (nSPS) is 31.1. The Hall–Kier alpha value is -1.94. The molecule has 0 spiro atoms. The highest BCUT2D eigenvalue weighted by Crippen LogP contribution is 2.45. The van der Waals surface area contributed by atoms with Crippen molar-refractivity contribution in [3.63, 3.8) is 0 Å². The number of carbonyl (C=O) groups excluding carboxylic acids is 1. The van der Waals surface area contributed by atoms with Crippen molar-refractivity contribution < 1.29 is 19.4 Å². The van der Waals surface area contributed by atoms with Gasteiger partial charge in [0.05, 0.1) is 18.6 Å². The third-order valence-electron chi connectivity index (χ3n) is 4.50. The van der Waals surface area contributed by atoms with Crippen LogP contribution in [-0.2, 0) is 20.7 Å². The van der Waals surface area contributed by atoms with E-state index in [0.717, 1.165) is 5.56 Å². The van der Waals surface area contributed by atoms with Gasteiger partial charge in [0.2, 0.25) is 0 Å². The standard InChI is InChI=1S/C17H18O4/c18-14-6-7-17(10-12-4-2-1-3-5-12)15(9-14)13(11-21-17)8-16(19)20/h1-7,13,15H,8-11H2,(H,19,20). The number of hydrogen-bond donors (Lipinski definition) is 1. The molecule has 2 aliphatic rings. The average molecular weight is 286 g/mol. The molecule has 1 aliphatic heterocycles. The number of carboxylic acids is 1. The lowest BCUT2D eigenvalue weighted by Gasteiger charge is -2.35. The van der Waals surface area contributed by atoms with E-state index >= 15 is 0 Å². The summed E-state index contributed by atoms with van der Waals surface area (Å²) in [5, 5.41) is 9.05. The summed E-state index contributed by atoms with van der Waals surface area (Å²) in [6.07, 6.45) is 4.54. The monoisotopic (exact) mass is 286 g/mol. The van der Waals surface area contributed by atoms with Crippen molar-refractivity contribution in [2.45, 2.75) is 24.9 Å². The number of hydrogen-bond acceptors (Lipinski definition) is 3. The van der Waals surface area contributed by atoms with Crippen LogP contribution in [0.15, 0.2) is 42.5 Å². The van der Waals surface area contributed by atoms with Gasteiger partial charge in [-0.1, -0.05) is 30.3 Å². The number of rotatable bonds is 4. The van der Waals surface area contributed by atoms with Crippen molar-refractivity contribution in [3.8, 4) is 0 Å². The molecule has 0 amide bonds. The average Bonchev–Trinajstić information content (AvgIpc) is 2.78. The molecule has 3 rings (SSSR count). The number of benzene rings is 1. The molecule has 1 aromatic carbocycles. The van der Waals surface area contributed by atoms with Crippen molar-refractivity contribution in [1.29, 1.82) is 0 Å². The van der Waals surface area contributed by atoms with Crippen molar-refractivity contribution in [2.24, 2.45) is 11.8 Å². The van der Waals surface area contributed by atoms with Crippen LogP contribution in [0, 0.1) is 11.8 Å². The Morgan fingerprint density at radius 2 is 2.10 bits per heavy atom. The van der Waals surface area contributed by atoms with Gasteiger partial charge in [0.1, 0.15) is 0 Å². The van der Waals surface area contributed by atoms with E-state index in [-0.39, 0.29) is 24.0 Å². The summed E-state index contributed by atoms with van der Waals surface area (Å²) in [5.74, 6) is -0.919. The molecule has 0 radical (unpaired) electrons. The molecule has 4 heteroatoms. The Kier molecular flexibility index (Phi) is 3.64. The van der Waals surface area contributed by atoms with Crippen LogP contribution in [0.5, 0.6) is 0 Å². The largest absolute Gasteiger partial charge is 0.481 e. The van der Waals surface area contributed by atoms with Crippen molar-refractivity contribution >= 4 is 11.8 Å². The number of ether oxygens (including phenoxy) is 1. The van der Waals surface area contributed by atoms with Gasteiger partial charge in [-0.15, -0.1) is 0 Å². The molecule has 1 heterocycles. The highest BCUT2D eigenvalue weighted by Gasteiger charge is 2.50. The molecular formula is C17H18O4. The zero-order valence-corrected chi connectivity index (χ0v) is 11.7. The van der Waals surface area contributed by atoms with Crippen LogP contribution in [0.4, 0.5) is 0 Å². The zero-order valence-electron chi connectivity index (χ0n) is 11.7. The molecule has 21 heavy (non-hydrogen) atoms. The number of carbonyl (C=O) groups is 2. The quantitative estimate of drug-likeness (QED) is 0.922. The molecule has 4 nitrogen and oxygen atoms in total. The maximum atomic E-state index is 11.7. The lowest BCUT2D eigenvalue weighted by Crippen LogP contribution is -2.41. The first-order valence-corrected chi connectivity index (χ1v) is 7.21. The summed E-state index contributed by atoms with van der Waals surface area (Å²) in [4.78, 5) is 22.8. The Balaban J connectivity index is 1.88. The van der Waals surface area contributed by atoms with Crippen LogP contribution in [-0.4, -0.2) is 29.1 Å². The summed E-state index contributed by atoms with van der Waals surface area (Å²) >= 11 is 0. The van der Waals surface area contributed by atoms with E-state index in [4.69, 9.17) is 9.84 Å². The number of ketones is 1. The Morgan fingerprint density at radius 3 is 2.81 bits per heavy atom. The number of aliphatic carboxylic acids is 1. The van der Waals surface area contributed by atoms with Crippen LogP contribution in [0.2, 0.25) is 0 Å². The van der Waals surface area contributed by atoms with Crippen LogP contribution < -0.4 is 0 Å². The first kappa shape index (κ1) is 14.0. The highest BCUT2D eigenvalue weighted by atomic mass is 16.5. The van der Waals surface area contributed by atoms with Crippen LogP contribution in [0.1, 0.15) is 18.4 Å². The minimum absolute atomic E-state index is 0.0497. The van der Waals surface area contributed by atoms with Crippen LogP contribution in [0.3, 0.4) is 0 Å². The summed E-state index contributed by atoms with van der Waals surface area (Å²) < 4.78 is 6.01. The van der Waals surface area contributed by atoms with Crippen molar-refractivity contribution in [2.75, 3.05) is 6.61 Å². The first-order chi connectivity index (χ1) is 10.1. The molecule has 1 aliphatic carbocycles. The van der Waals surface area contributed by atoms with Gasteiger partial charge in [-0.2, -0.15) is 0 Å². The second-order valence-electron chi connectivity index (χ2n) is 5.90. The van der Waals surface area contributed by atoms with E-state index in [1.807, 2.05) is 36.4 Å². The lowest BCUT2D eigenvalue weighted by atomic mass is 9.71. The van der Waals surface area contributed by atoms with Gasteiger partial charge in [0.25, 0.3) is 0 Å². The maximum absolute atomic E-state index is 11.7. The van der Waals surface area contributed by atoms with E-state index in [1.165, 1.54) is 0 Å². The molecule has 3 atom stereocenters. The molecule has 3 unspecified atom stereocenters. The predicted molar refractivity (Wildman–Crippen MR) is 76.8 cm³/mol. The molecule has 1 aromatic rings. The fourth-order valence-electron chi connectivity index (χ4n) is 3.50. The van der Waals surface area contributed by atoms with Gasteiger partial charge in [0, 0.05) is 18.8 Å². The van der Waals surface area contributed by atoms with E-state index in [1.54, 1.807) is 6.08 Å². The second-order valence-corrected chi connectivity index (χ2v) is 5.90. The van der Waals surface area contributed by atoms with Gasteiger partial charge < -0.3 is 9.84 Å². The molecule has 0 aromatic heterocycles. The van der Waals surface area contributed by atoms with Crippen LogP contribution >= 0.6 is 0 Å². The van der Waals surface area contributed by atoms with Gasteiger partial charge in [-0.05, 0) is 23.6 Å². The summed E-state index contributed by atoms with van der Waals surface area (Å²) in [6.45, 7) is 0.404. The van der Waals surface area contributed by atoms with Gasteiger partial charge in [-0.3, -0.25) is 9.59 Å². The second kappa shape index (κ2) is 5.45. The van der Waals surface area contributed by atoms with E-state index in [9.17, 15) is 9.59 Å². The van der Waals surface area contributed by atoms with E-state index < -0.39 is 11.6 Å². The molecule has 1 N–H and O–H groups in total. The summed E-state index contributed by atoms with van der Waals surface area (Å²) in [6, 6.07) is 9.97. The molecule has 110 valence electrons. The number of allylic oxidation sites excluding steroid dienone is 1. The third kappa shape index (κ3) is 2.76. The van der Waals surface area contributed by atoms with Crippen molar-refractivity contribution in [3.05, 3.63) is 48.0 Å². The third-order valence-corrected chi connectivity index (χ3v) is 4.50. The predicted octanol–water partition coefficient (Wildman–Crippen LogP) is 2.23. The Morgan fingerprint density at radius 1 is 1.33 bits per heavy atom. The van der Waals surface area contributed by atoms with Crippen molar-refractivity contribution in [1.82, 2.24) is 0 Å². The zero-order chi connectivity index (χ0) is 14.9. The minimum atomic E-state index is -0.832. The Labute approximate surface area is 123 Å².